The number of hydrogen-bond donors (Lipinski definition) is 1. The Morgan fingerprint density at radius 1 is 1.32 bits per heavy atom. The van der Waals surface area contributed by atoms with Crippen molar-refractivity contribution in [1.29, 1.82) is 0 Å². The third-order valence-corrected chi connectivity index (χ3v) is 3.49. The minimum atomic E-state index is 0.00586. The molecule has 19 heavy (non-hydrogen) atoms. The Labute approximate surface area is 115 Å². The summed E-state index contributed by atoms with van der Waals surface area (Å²) in [5.41, 5.74) is 0.00586. The highest BCUT2D eigenvalue weighted by atomic mass is 16.5. The zero-order valence-electron chi connectivity index (χ0n) is 12.6. The molecule has 5 nitrogen and oxygen atoms in total. The highest BCUT2D eigenvalue weighted by Gasteiger charge is 2.21. The van der Waals surface area contributed by atoms with Crippen LogP contribution in [0.3, 0.4) is 0 Å². The fourth-order valence-corrected chi connectivity index (χ4v) is 2.23. The molecule has 0 unspecified atom stereocenters. The fraction of sp³-hybridized carbons (Fsp3) is 0.857. The van der Waals surface area contributed by atoms with Gasteiger partial charge >= 0.3 is 0 Å². The average Bonchev–Trinajstić information content (AvgIpc) is 2.72. The van der Waals surface area contributed by atoms with Crippen LogP contribution in [-0.2, 0) is 23.6 Å². The first-order valence-corrected chi connectivity index (χ1v) is 7.19. The van der Waals surface area contributed by atoms with Crippen molar-refractivity contribution in [3.8, 4) is 0 Å². The van der Waals surface area contributed by atoms with E-state index < -0.39 is 0 Å². The molecule has 1 fully saturated rings. The molecule has 108 valence electrons. The minimum Gasteiger partial charge on any atom is -0.378 e. The van der Waals surface area contributed by atoms with E-state index in [1.165, 1.54) is 0 Å². The SMILES string of the molecule is Cn1nc(C(C)(C)C)nc1CCOC1CCNCC1. The van der Waals surface area contributed by atoms with Gasteiger partial charge in [-0.3, -0.25) is 4.68 Å². The van der Waals surface area contributed by atoms with Crippen molar-refractivity contribution in [2.45, 2.75) is 51.6 Å². The molecule has 0 saturated carbocycles. The second-order valence-corrected chi connectivity index (χ2v) is 6.30. The number of ether oxygens (including phenoxy) is 1. The predicted molar refractivity (Wildman–Crippen MR) is 75.3 cm³/mol. The topological polar surface area (TPSA) is 52.0 Å². The number of nitrogens with zero attached hydrogens (tertiary/aromatic N) is 3. The van der Waals surface area contributed by atoms with Gasteiger partial charge in [0.05, 0.1) is 12.7 Å². The summed E-state index contributed by atoms with van der Waals surface area (Å²) in [6.45, 7) is 9.29. The molecule has 2 heterocycles. The Morgan fingerprint density at radius 3 is 2.58 bits per heavy atom. The van der Waals surface area contributed by atoms with Gasteiger partial charge in [0.1, 0.15) is 5.82 Å². The summed E-state index contributed by atoms with van der Waals surface area (Å²) in [6, 6.07) is 0. The van der Waals surface area contributed by atoms with E-state index in [0.717, 1.165) is 50.6 Å². The molecule has 0 radical (unpaired) electrons. The first-order valence-electron chi connectivity index (χ1n) is 7.19. The molecule has 1 aromatic rings. The van der Waals surface area contributed by atoms with E-state index in [0.29, 0.717) is 6.10 Å². The lowest BCUT2D eigenvalue weighted by atomic mass is 9.96. The Kier molecular flexibility index (Phi) is 4.58. The normalized spacial score (nSPS) is 17.9. The van der Waals surface area contributed by atoms with Gasteiger partial charge in [-0.2, -0.15) is 5.10 Å². The maximum atomic E-state index is 5.92. The zero-order valence-corrected chi connectivity index (χ0v) is 12.6. The van der Waals surface area contributed by atoms with E-state index in [4.69, 9.17) is 4.74 Å². The average molecular weight is 266 g/mol. The summed E-state index contributed by atoms with van der Waals surface area (Å²) in [6.07, 6.45) is 3.48. The molecule has 1 saturated heterocycles. The van der Waals surface area contributed by atoms with Gasteiger partial charge in [-0.05, 0) is 25.9 Å². The first kappa shape index (κ1) is 14.5. The molecule has 0 aliphatic carbocycles. The first-order chi connectivity index (χ1) is 8.97. The van der Waals surface area contributed by atoms with E-state index in [1.54, 1.807) is 0 Å². The third kappa shape index (κ3) is 4.01. The van der Waals surface area contributed by atoms with Crippen LogP contribution in [0.25, 0.3) is 0 Å². The number of nitrogens with one attached hydrogen (secondary N) is 1. The lowest BCUT2D eigenvalue weighted by Crippen LogP contribution is -2.32. The molecule has 1 aliphatic heterocycles. The number of rotatable bonds is 4. The molecule has 0 bridgehead atoms. The van der Waals surface area contributed by atoms with Crippen LogP contribution in [0.2, 0.25) is 0 Å². The summed E-state index contributed by atoms with van der Waals surface area (Å²) in [5, 5.41) is 7.83. The van der Waals surface area contributed by atoms with Crippen LogP contribution in [0.1, 0.15) is 45.3 Å². The number of aryl methyl sites for hydroxylation is 1. The summed E-state index contributed by atoms with van der Waals surface area (Å²) in [4.78, 5) is 4.62. The Bertz CT molecular complexity index is 402. The monoisotopic (exact) mass is 266 g/mol. The van der Waals surface area contributed by atoms with Crippen LogP contribution in [0.5, 0.6) is 0 Å². The summed E-state index contributed by atoms with van der Waals surface area (Å²) < 4.78 is 7.80. The van der Waals surface area contributed by atoms with Gasteiger partial charge in [0, 0.05) is 18.9 Å². The van der Waals surface area contributed by atoms with Gasteiger partial charge in [-0.15, -0.1) is 0 Å². The van der Waals surface area contributed by atoms with E-state index in [9.17, 15) is 0 Å². The largest absolute Gasteiger partial charge is 0.378 e. The second-order valence-electron chi connectivity index (χ2n) is 6.30. The number of piperidine rings is 1. The fourth-order valence-electron chi connectivity index (χ4n) is 2.23. The van der Waals surface area contributed by atoms with E-state index >= 15 is 0 Å². The molecular formula is C14H26N4O. The van der Waals surface area contributed by atoms with Gasteiger partial charge < -0.3 is 10.1 Å². The van der Waals surface area contributed by atoms with Crippen molar-refractivity contribution in [2.24, 2.45) is 7.05 Å². The lowest BCUT2D eigenvalue weighted by molar-refractivity contribution is 0.0339. The van der Waals surface area contributed by atoms with E-state index in [1.807, 2.05) is 11.7 Å². The van der Waals surface area contributed by atoms with Crippen molar-refractivity contribution in [1.82, 2.24) is 20.1 Å². The zero-order chi connectivity index (χ0) is 13.9. The van der Waals surface area contributed by atoms with Gasteiger partial charge in [-0.25, -0.2) is 4.98 Å². The molecule has 0 spiro atoms. The van der Waals surface area contributed by atoms with Crippen LogP contribution in [0, 0.1) is 0 Å². The van der Waals surface area contributed by atoms with Crippen molar-refractivity contribution in [3.05, 3.63) is 11.6 Å². The van der Waals surface area contributed by atoms with Crippen LogP contribution in [-0.4, -0.2) is 40.6 Å². The molecule has 0 amide bonds. The summed E-state index contributed by atoms with van der Waals surface area (Å²) in [5.74, 6) is 1.92. The molecule has 0 atom stereocenters. The van der Waals surface area contributed by atoms with Crippen molar-refractivity contribution >= 4 is 0 Å². The maximum absolute atomic E-state index is 5.92. The van der Waals surface area contributed by atoms with Gasteiger partial charge in [0.2, 0.25) is 0 Å². The van der Waals surface area contributed by atoms with Crippen LogP contribution < -0.4 is 5.32 Å². The van der Waals surface area contributed by atoms with Crippen LogP contribution in [0.4, 0.5) is 0 Å². The Balaban J connectivity index is 1.84. The molecular weight excluding hydrogens is 240 g/mol. The quantitative estimate of drug-likeness (QED) is 0.895. The summed E-state index contributed by atoms with van der Waals surface area (Å²) in [7, 11) is 1.96. The van der Waals surface area contributed by atoms with Crippen molar-refractivity contribution in [3.63, 3.8) is 0 Å². The van der Waals surface area contributed by atoms with E-state index in [-0.39, 0.29) is 5.41 Å². The number of hydrogen-bond acceptors (Lipinski definition) is 4. The maximum Gasteiger partial charge on any atom is 0.156 e. The highest BCUT2D eigenvalue weighted by Crippen LogP contribution is 2.18. The summed E-state index contributed by atoms with van der Waals surface area (Å²) >= 11 is 0. The Morgan fingerprint density at radius 2 is 2.00 bits per heavy atom. The Hall–Kier alpha value is -0.940. The van der Waals surface area contributed by atoms with Crippen molar-refractivity contribution in [2.75, 3.05) is 19.7 Å². The number of aromatic nitrogens is 3. The van der Waals surface area contributed by atoms with Gasteiger partial charge in [-0.1, -0.05) is 20.8 Å². The van der Waals surface area contributed by atoms with Crippen LogP contribution >= 0.6 is 0 Å². The van der Waals surface area contributed by atoms with Crippen LogP contribution in [0.15, 0.2) is 0 Å². The molecule has 1 aromatic heterocycles. The second kappa shape index (κ2) is 6.01. The highest BCUT2D eigenvalue weighted by molar-refractivity contribution is 5.03. The standard InChI is InChI=1S/C14H26N4O/c1-14(2,3)13-16-12(18(4)17-13)7-10-19-11-5-8-15-9-6-11/h11,15H,5-10H2,1-4H3. The molecule has 2 rings (SSSR count). The third-order valence-electron chi connectivity index (χ3n) is 3.49. The van der Waals surface area contributed by atoms with E-state index in [2.05, 4.69) is 36.2 Å². The van der Waals surface area contributed by atoms with Gasteiger partial charge in [0.25, 0.3) is 0 Å². The van der Waals surface area contributed by atoms with Gasteiger partial charge in [0.15, 0.2) is 5.82 Å². The smallest absolute Gasteiger partial charge is 0.156 e. The minimum absolute atomic E-state index is 0.00586. The molecule has 1 N–H and O–H groups in total. The molecule has 5 heteroatoms. The predicted octanol–water partition coefficient (Wildman–Crippen LogP) is 1.42. The van der Waals surface area contributed by atoms with Crippen molar-refractivity contribution < 1.29 is 4.74 Å². The lowest BCUT2D eigenvalue weighted by Gasteiger charge is -2.22. The molecule has 0 aromatic carbocycles. The molecule has 1 aliphatic rings.